The number of rotatable bonds is 9. The van der Waals surface area contributed by atoms with Gasteiger partial charge in [-0.05, 0) is 31.5 Å². The van der Waals surface area contributed by atoms with Gasteiger partial charge < -0.3 is 9.88 Å². The summed E-state index contributed by atoms with van der Waals surface area (Å²) in [5.74, 6) is 0.668. The quantitative estimate of drug-likeness (QED) is 0.489. The average molecular weight is 465 g/mol. The molecule has 0 saturated heterocycles. The SMILES string of the molecule is CCCCn1c(SCC(=O)Nc2cc(C)nn2C)nc2cc(S(=O)(=O)N(C)C)ccc21. The molecule has 0 aliphatic carbocycles. The molecule has 0 unspecified atom stereocenters. The second kappa shape index (κ2) is 9.41. The van der Waals surface area contributed by atoms with E-state index in [2.05, 4.69) is 26.9 Å². The van der Waals surface area contributed by atoms with Crippen LogP contribution in [-0.4, -0.2) is 57.8 Å². The lowest BCUT2D eigenvalue weighted by molar-refractivity contribution is -0.113. The van der Waals surface area contributed by atoms with Crippen LogP contribution in [0, 0.1) is 6.92 Å². The third-order valence-corrected chi connectivity index (χ3v) is 7.59. The number of thioether (sulfide) groups is 1. The van der Waals surface area contributed by atoms with Gasteiger partial charge in [0.05, 0.1) is 27.4 Å². The van der Waals surface area contributed by atoms with E-state index in [0.717, 1.165) is 30.6 Å². The highest BCUT2D eigenvalue weighted by molar-refractivity contribution is 7.99. The van der Waals surface area contributed by atoms with Crippen molar-refractivity contribution in [2.75, 3.05) is 25.2 Å². The van der Waals surface area contributed by atoms with Crippen LogP contribution in [0.5, 0.6) is 0 Å². The van der Waals surface area contributed by atoms with E-state index in [0.29, 0.717) is 16.5 Å². The number of hydrogen-bond donors (Lipinski definition) is 1. The summed E-state index contributed by atoms with van der Waals surface area (Å²) < 4.78 is 29.8. The van der Waals surface area contributed by atoms with Crippen LogP contribution in [0.25, 0.3) is 11.0 Å². The average Bonchev–Trinajstić information content (AvgIpc) is 3.22. The zero-order valence-electron chi connectivity index (χ0n) is 18.4. The van der Waals surface area contributed by atoms with E-state index >= 15 is 0 Å². The number of nitrogens with zero attached hydrogens (tertiary/aromatic N) is 5. The van der Waals surface area contributed by atoms with Gasteiger partial charge in [-0.15, -0.1) is 0 Å². The summed E-state index contributed by atoms with van der Waals surface area (Å²) in [7, 11) is 1.24. The molecule has 2 heterocycles. The Hall–Kier alpha value is -2.37. The largest absolute Gasteiger partial charge is 0.319 e. The topological polar surface area (TPSA) is 102 Å². The van der Waals surface area contributed by atoms with E-state index in [1.54, 1.807) is 29.9 Å². The van der Waals surface area contributed by atoms with Crippen molar-refractivity contribution in [3.8, 4) is 0 Å². The fourth-order valence-electron chi connectivity index (χ4n) is 3.14. The smallest absolute Gasteiger partial charge is 0.242 e. The monoisotopic (exact) mass is 464 g/mol. The van der Waals surface area contributed by atoms with Crippen molar-refractivity contribution in [3.05, 3.63) is 30.0 Å². The van der Waals surface area contributed by atoms with E-state index in [1.165, 1.54) is 30.2 Å². The van der Waals surface area contributed by atoms with Gasteiger partial charge in [0.2, 0.25) is 15.9 Å². The summed E-state index contributed by atoms with van der Waals surface area (Å²) in [6.45, 7) is 4.72. The van der Waals surface area contributed by atoms with Gasteiger partial charge in [-0.25, -0.2) is 17.7 Å². The molecule has 3 aromatic rings. The summed E-state index contributed by atoms with van der Waals surface area (Å²) in [5, 5.41) is 7.78. The molecule has 1 amide bonds. The maximum atomic E-state index is 12.5. The number of nitrogens with one attached hydrogen (secondary N) is 1. The minimum atomic E-state index is -3.55. The molecule has 0 aliphatic rings. The Bertz CT molecular complexity index is 1200. The number of fused-ring (bicyclic) bond motifs is 1. The second-order valence-electron chi connectivity index (χ2n) is 7.47. The molecule has 168 valence electrons. The number of unbranched alkanes of at least 4 members (excludes halogenated alkanes) is 1. The Balaban J connectivity index is 1.85. The maximum absolute atomic E-state index is 12.5. The second-order valence-corrected chi connectivity index (χ2v) is 10.6. The van der Waals surface area contributed by atoms with Crippen molar-refractivity contribution in [2.24, 2.45) is 7.05 Å². The first-order valence-electron chi connectivity index (χ1n) is 9.99. The van der Waals surface area contributed by atoms with Crippen LogP contribution in [0.3, 0.4) is 0 Å². The molecule has 3 rings (SSSR count). The molecule has 1 N–H and O–H groups in total. The molecular formula is C20H28N6O3S2. The van der Waals surface area contributed by atoms with E-state index < -0.39 is 10.0 Å². The van der Waals surface area contributed by atoms with Crippen molar-refractivity contribution in [1.29, 1.82) is 0 Å². The third kappa shape index (κ3) is 5.10. The maximum Gasteiger partial charge on any atom is 0.242 e. The molecule has 0 atom stereocenters. The van der Waals surface area contributed by atoms with Crippen molar-refractivity contribution in [1.82, 2.24) is 23.6 Å². The summed E-state index contributed by atoms with van der Waals surface area (Å²) in [6.07, 6.45) is 1.97. The summed E-state index contributed by atoms with van der Waals surface area (Å²) in [5.41, 5.74) is 2.29. The fraction of sp³-hybridized carbons (Fsp3) is 0.450. The number of carbonyl (C=O) groups is 1. The van der Waals surface area contributed by atoms with Crippen LogP contribution in [0.1, 0.15) is 25.5 Å². The number of hydrogen-bond acceptors (Lipinski definition) is 6. The summed E-state index contributed by atoms with van der Waals surface area (Å²) in [4.78, 5) is 17.3. The highest BCUT2D eigenvalue weighted by atomic mass is 32.2. The number of carbonyl (C=O) groups excluding carboxylic acids is 1. The van der Waals surface area contributed by atoms with Gasteiger partial charge in [0.25, 0.3) is 0 Å². The van der Waals surface area contributed by atoms with Crippen LogP contribution in [-0.2, 0) is 28.4 Å². The van der Waals surface area contributed by atoms with E-state index in [9.17, 15) is 13.2 Å². The molecule has 0 saturated carbocycles. The van der Waals surface area contributed by atoms with Crippen molar-refractivity contribution >= 4 is 44.5 Å². The standard InChI is InChI=1S/C20H28N6O3S2/c1-6-7-10-26-17-9-8-15(31(28,29)24(3)4)12-16(17)21-20(26)30-13-19(27)22-18-11-14(2)23-25(18)5/h8-9,11-12H,6-7,10,13H2,1-5H3,(H,22,27). The fourth-order valence-corrected chi connectivity index (χ4v) is 4.90. The predicted molar refractivity (Wildman–Crippen MR) is 123 cm³/mol. The predicted octanol–water partition coefficient (Wildman–Crippen LogP) is 2.86. The number of sulfonamides is 1. The van der Waals surface area contributed by atoms with Crippen LogP contribution >= 0.6 is 11.8 Å². The lowest BCUT2D eigenvalue weighted by Crippen LogP contribution is -2.22. The zero-order valence-corrected chi connectivity index (χ0v) is 20.0. The molecule has 0 radical (unpaired) electrons. The van der Waals surface area contributed by atoms with Crippen molar-refractivity contribution in [3.63, 3.8) is 0 Å². The minimum Gasteiger partial charge on any atom is -0.319 e. The van der Waals surface area contributed by atoms with Gasteiger partial charge in [-0.2, -0.15) is 5.10 Å². The number of benzene rings is 1. The van der Waals surface area contributed by atoms with Crippen molar-refractivity contribution < 1.29 is 13.2 Å². The lowest BCUT2D eigenvalue weighted by Gasteiger charge is -2.11. The minimum absolute atomic E-state index is 0.155. The third-order valence-electron chi connectivity index (χ3n) is 4.80. The first kappa shape index (κ1) is 23.3. The number of imidazole rings is 1. The zero-order chi connectivity index (χ0) is 22.8. The number of aromatic nitrogens is 4. The molecule has 0 spiro atoms. The van der Waals surface area contributed by atoms with Gasteiger partial charge in [-0.3, -0.25) is 9.48 Å². The molecule has 9 nitrogen and oxygen atoms in total. The Morgan fingerprint density at radius 3 is 2.61 bits per heavy atom. The molecule has 0 aliphatic heterocycles. The van der Waals surface area contributed by atoms with Gasteiger partial charge in [-0.1, -0.05) is 25.1 Å². The van der Waals surface area contributed by atoms with Crippen LogP contribution < -0.4 is 5.32 Å². The van der Waals surface area contributed by atoms with Gasteiger partial charge >= 0.3 is 0 Å². The van der Waals surface area contributed by atoms with Gasteiger partial charge in [0.1, 0.15) is 5.82 Å². The Morgan fingerprint density at radius 2 is 2.00 bits per heavy atom. The molecule has 0 bridgehead atoms. The molecule has 11 heteroatoms. The molecule has 1 aromatic carbocycles. The summed E-state index contributed by atoms with van der Waals surface area (Å²) >= 11 is 1.33. The van der Waals surface area contributed by atoms with E-state index in [1.807, 2.05) is 13.0 Å². The first-order valence-corrected chi connectivity index (χ1v) is 12.4. The van der Waals surface area contributed by atoms with Crippen LogP contribution in [0.15, 0.2) is 34.3 Å². The summed E-state index contributed by atoms with van der Waals surface area (Å²) in [6, 6.07) is 6.80. The molecule has 31 heavy (non-hydrogen) atoms. The number of aryl methyl sites for hydroxylation is 3. The highest BCUT2D eigenvalue weighted by Gasteiger charge is 2.20. The first-order chi connectivity index (χ1) is 14.6. The highest BCUT2D eigenvalue weighted by Crippen LogP contribution is 2.27. The lowest BCUT2D eigenvalue weighted by atomic mass is 10.3. The number of anilines is 1. The van der Waals surface area contributed by atoms with Crippen LogP contribution in [0.4, 0.5) is 5.82 Å². The Kier molecular flexibility index (Phi) is 7.07. The van der Waals surface area contributed by atoms with Crippen molar-refractivity contribution in [2.45, 2.75) is 43.3 Å². The Morgan fingerprint density at radius 1 is 1.26 bits per heavy atom. The van der Waals surface area contributed by atoms with E-state index in [4.69, 9.17) is 0 Å². The normalized spacial score (nSPS) is 12.1. The van der Waals surface area contributed by atoms with Gasteiger partial charge in [0, 0.05) is 33.8 Å². The van der Waals surface area contributed by atoms with Crippen LogP contribution in [0.2, 0.25) is 0 Å². The molecule has 2 aromatic heterocycles. The van der Waals surface area contributed by atoms with Gasteiger partial charge in [0.15, 0.2) is 5.16 Å². The number of amides is 1. The Labute approximate surface area is 186 Å². The van der Waals surface area contributed by atoms with E-state index in [-0.39, 0.29) is 16.6 Å². The molecular weight excluding hydrogens is 436 g/mol. The molecule has 0 fully saturated rings.